The van der Waals surface area contributed by atoms with Gasteiger partial charge >= 0.3 is 0 Å². The summed E-state index contributed by atoms with van der Waals surface area (Å²) in [7, 11) is -1.09. The Morgan fingerprint density at radius 3 is 2.69 bits per heavy atom. The van der Waals surface area contributed by atoms with Crippen molar-refractivity contribution in [3.8, 4) is 0 Å². The first kappa shape index (κ1) is 9.54. The van der Waals surface area contributed by atoms with Crippen molar-refractivity contribution in [3.63, 3.8) is 0 Å². The van der Waals surface area contributed by atoms with E-state index in [4.69, 9.17) is 0 Å². The summed E-state index contributed by atoms with van der Waals surface area (Å²) >= 11 is 0. The van der Waals surface area contributed by atoms with Gasteiger partial charge in [-0.3, -0.25) is 4.21 Å². The maximum Gasteiger partial charge on any atom is 0.197 e. The lowest BCUT2D eigenvalue weighted by Gasteiger charge is -2.17. The standard InChI is InChI=1S/C12H10N2OS/c1-16(15)12-13-9-6-2-4-8-5-3-7-10(14-12)11(8)9/h2-7H,1H3,(H,13,14). The fraction of sp³-hybridized carbons (Fsp3) is 0.0833. The number of aliphatic imine (C=N–C) groups is 1. The van der Waals surface area contributed by atoms with Crippen LogP contribution < -0.4 is 5.32 Å². The van der Waals surface area contributed by atoms with Gasteiger partial charge in [0.05, 0.1) is 22.2 Å². The molecule has 3 nitrogen and oxygen atoms in total. The zero-order valence-electron chi connectivity index (χ0n) is 8.73. The molecule has 0 amide bonds. The van der Waals surface area contributed by atoms with Gasteiger partial charge in [0.25, 0.3) is 0 Å². The second-order valence-electron chi connectivity index (χ2n) is 3.68. The number of amidine groups is 1. The molecule has 80 valence electrons. The molecule has 1 atom stereocenters. The average molecular weight is 230 g/mol. The lowest BCUT2D eigenvalue weighted by atomic mass is 10.1. The molecule has 0 saturated heterocycles. The Bertz CT molecular complexity index is 629. The Morgan fingerprint density at radius 1 is 1.19 bits per heavy atom. The number of nitrogens with zero attached hydrogens (tertiary/aromatic N) is 1. The van der Waals surface area contributed by atoms with Crippen LogP contribution in [0.5, 0.6) is 0 Å². The normalized spacial score (nSPS) is 15.4. The van der Waals surface area contributed by atoms with E-state index < -0.39 is 10.8 Å². The maximum atomic E-state index is 11.4. The van der Waals surface area contributed by atoms with Crippen molar-refractivity contribution in [1.29, 1.82) is 0 Å². The SMILES string of the molecule is CS(=O)C1=Nc2cccc3cccc(c23)N1. The van der Waals surface area contributed by atoms with Gasteiger partial charge in [0, 0.05) is 11.6 Å². The van der Waals surface area contributed by atoms with Gasteiger partial charge in [-0.15, -0.1) is 0 Å². The van der Waals surface area contributed by atoms with E-state index in [0.717, 1.165) is 22.1 Å². The predicted molar refractivity (Wildman–Crippen MR) is 68.7 cm³/mol. The van der Waals surface area contributed by atoms with E-state index in [1.807, 2.05) is 36.4 Å². The van der Waals surface area contributed by atoms with Gasteiger partial charge < -0.3 is 5.32 Å². The molecular formula is C12H10N2OS. The van der Waals surface area contributed by atoms with Crippen molar-refractivity contribution in [2.24, 2.45) is 4.99 Å². The molecule has 0 aliphatic carbocycles. The third-order valence-electron chi connectivity index (χ3n) is 2.62. The number of nitrogens with one attached hydrogen (secondary N) is 1. The van der Waals surface area contributed by atoms with Gasteiger partial charge in [-0.2, -0.15) is 0 Å². The summed E-state index contributed by atoms with van der Waals surface area (Å²) in [6, 6.07) is 12.0. The van der Waals surface area contributed by atoms with Gasteiger partial charge in [0.1, 0.15) is 0 Å². The highest BCUT2D eigenvalue weighted by atomic mass is 32.2. The lowest BCUT2D eigenvalue weighted by molar-refractivity contribution is 0.693. The Balaban J connectivity index is 2.36. The summed E-state index contributed by atoms with van der Waals surface area (Å²) in [4.78, 5) is 4.37. The smallest absolute Gasteiger partial charge is 0.197 e. The first-order chi connectivity index (χ1) is 7.75. The van der Waals surface area contributed by atoms with Gasteiger partial charge in [0.15, 0.2) is 5.17 Å². The van der Waals surface area contributed by atoms with E-state index in [0.29, 0.717) is 5.17 Å². The van der Waals surface area contributed by atoms with Crippen molar-refractivity contribution < 1.29 is 4.21 Å². The van der Waals surface area contributed by atoms with Crippen LogP contribution in [0.25, 0.3) is 10.8 Å². The van der Waals surface area contributed by atoms with Crippen LogP contribution in [0.15, 0.2) is 41.4 Å². The van der Waals surface area contributed by atoms with Crippen molar-refractivity contribution in [2.75, 3.05) is 11.6 Å². The van der Waals surface area contributed by atoms with Crippen LogP contribution >= 0.6 is 0 Å². The molecule has 1 aliphatic rings. The van der Waals surface area contributed by atoms with E-state index in [1.54, 1.807) is 6.26 Å². The summed E-state index contributed by atoms with van der Waals surface area (Å²) in [5, 5.41) is 5.87. The quantitative estimate of drug-likeness (QED) is 0.756. The fourth-order valence-electron chi connectivity index (χ4n) is 1.91. The predicted octanol–water partition coefficient (Wildman–Crippen LogP) is 2.63. The zero-order valence-corrected chi connectivity index (χ0v) is 9.54. The summed E-state index contributed by atoms with van der Waals surface area (Å²) in [6.07, 6.45) is 1.62. The Kier molecular flexibility index (Phi) is 2.04. The summed E-state index contributed by atoms with van der Waals surface area (Å²) in [5.41, 5.74) is 1.87. The summed E-state index contributed by atoms with van der Waals surface area (Å²) < 4.78 is 11.4. The van der Waals surface area contributed by atoms with E-state index in [9.17, 15) is 4.21 Å². The largest absolute Gasteiger partial charge is 0.332 e. The highest BCUT2D eigenvalue weighted by Crippen LogP contribution is 2.35. The van der Waals surface area contributed by atoms with Crippen LogP contribution in [-0.4, -0.2) is 15.6 Å². The third-order valence-corrected chi connectivity index (χ3v) is 3.36. The molecule has 0 aromatic heterocycles. The van der Waals surface area contributed by atoms with E-state index in [-0.39, 0.29) is 0 Å². The fourth-order valence-corrected chi connectivity index (χ4v) is 2.39. The molecule has 3 rings (SSSR count). The summed E-state index contributed by atoms with van der Waals surface area (Å²) in [5.74, 6) is 0. The van der Waals surface area contributed by atoms with E-state index in [1.165, 1.54) is 0 Å². The van der Waals surface area contributed by atoms with Gasteiger partial charge in [0.2, 0.25) is 0 Å². The number of anilines is 1. The molecule has 1 heterocycles. The highest BCUT2D eigenvalue weighted by Gasteiger charge is 2.15. The molecule has 0 spiro atoms. The minimum absolute atomic E-state index is 0.520. The highest BCUT2D eigenvalue weighted by molar-refractivity contribution is 8.00. The molecule has 4 heteroatoms. The van der Waals surface area contributed by atoms with Gasteiger partial charge in [-0.25, -0.2) is 4.99 Å². The topological polar surface area (TPSA) is 41.5 Å². The number of hydrogen-bond donors (Lipinski definition) is 1. The molecule has 0 fully saturated rings. The van der Waals surface area contributed by atoms with Crippen LogP contribution in [0.4, 0.5) is 11.4 Å². The maximum absolute atomic E-state index is 11.4. The first-order valence-corrected chi connectivity index (χ1v) is 6.52. The molecule has 0 radical (unpaired) electrons. The van der Waals surface area contributed by atoms with Gasteiger partial charge in [-0.05, 0) is 17.5 Å². The summed E-state index contributed by atoms with van der Waals surface area (Å²) in [6.45, 7) is 0. The molecular weight excluding hydrogens is 220 g/mol. The molecule has 1 aliphatic heterocycles. The van der Waals surface area contributed by atoms with Crippen molar-refractivity contribution in [1.82, 2.24) is 0 Å². The minimum Gasteiger partial charge on any atom is -0.332 e. The van der Waals surface area contributed by atoms with Crippen LogP contribution in [0.2, 0.25) is 0 Å². The number of rotatable bonds is 0. The molecule has 2 aromatic carbocycles. The molecule has 1 unspecified atom stereocenters. The molecule has 0 saturated carbocycles. The Hall–Kier alpha value is -1.68. The van der Waals surface area contributed by atoms with Crippen molar-refractivity contribution in [2.45, 2.75) is 0 Å². The Labute approximate surface area is 95.7 Å². The molecule has 2 aromatic rings. The van der Waals surface area contributed by atoms with Crippen LogP contribution in [-0.2, 0) is 10.8 Å². The van der Waals surface area contributed by atoms with E-state index in [2.05, 4.69) is 10.3 Å². The number of hydrogen-bond acceptors (Lipinski definition) is 3. The van der Waals surface area contributed by atoms with E-state index >= 15 is 0 Å². The minimum atomic E-state index is -1.09. The molecule has 0 bridgehead atoms. The Morgan fingerprint density at radius 2 is 1.94 bits per heavy atom. The van der Waals surface area contributed by atoms with Crippen molar-refractivity contribution >= 4 is 38.1 Å². The van der Waals surface area contributed by atoms with Crippen LogP contribution in [0.3, 0.4) is 0 Å². The monoisotopic (exact) mass is 230 g/mol. The van der Waals surface area contributed by atoms with Crippen LogP contribution in [0, 0.1) is 0 Å². The zero-order chi connectivity index (χ0) is 11.1. The third kappa shape index (κ3) is 1.34. The second-order valence-corrected chi connectivity index (χ2v) is 4.97. The van der Waals surface area contributed by atoms with Gasteiger partial charge in [-0.1, -0.05) is 24.3 Å². The lowest BCUT2D eigenvalue weighted by Crippen LogP contribution is -2.19. The van der Waals surface area contributed by atoms with Crippen LogP contribution in [0.1, 0.15) is 0 Å². The van der Waals surface area contributed by atoms with Crippen molar-refractivity contribution in [3.05, 3.63) is 36.4 Å². The second kappa shape index (κ2) is 3.42. The first-order valence-electron chi connectivity index (χ1n) is 4.96. The molecule has 16 heavy (non-hydrogen) atoms. The average Bonchev–Trinajstić information content (AvgIpc) is 2.29. The number of benzene rings is 2. The molecule has 1 N–H and O–H groups in total.